The molecule has 1 amide bonds. The van der Waals surface area contributed by atoms with Crippen molar-refractivity contribution in [2.75, 3.05) is 19.5 Å². The minimum absolute atomic E-state index is 0.00101. The number of ether oxygens (including phenoxy) is 2. The largest absolute Gasteiger partial charge is 0.493 e. The van der Waals surface area contributed by atoms with E-state index in [0.717, 1.165) is 5.56 Å². The average molecular weight is 384 g/mol. The van der Waals surface area contributed by atoms with Gasteiger partial charge in [0.2, 0.25) is 5.91 Å². The molecule has 2 atom stereocenters. The molecule has 2 rings (SSSR count). The Labute approximate surface area is 156 Å². The maximum atomic E-state index is 11.3. The summed E-state index contributed by atoms with van der Waals surface area (Å²) in [5, 5.41) is 13.6. The van der Waals surface area contributed by atoms with Crippen LogP contribution in [0.4, 0.5) is 0 Å². The van der Waals surface area contributed by atoms with Gasteiger partial charge in [-0.2, -0.15) is 0 Å². The Morgan fingerprint density at radius 3 is 2.56 bits per heavy atom. The van der Waals surface area contributed by atoms with E-state index in [1.165, 1.54) is 7.11 Å². The van der Waals surface area contributed by atoms with E-state index in [1.54, 1.807) is 18.2 Å². The molecule has 5 nitrogen and oxygen atoms in total. The summed E-state index contributed by atoms with van der Waals surface area (Å²) in [6.45, 7) is 0.00101. The number of hydrogen-bond donors (Lipinski definition) is 2. The zero-order chi connectivity index (χ0) is 18.2. The molecule has 0 aliphatic heterocycles. The van der Waals surface area contributed by atoms with E-state index in [-0.39, 0.29) is 18.3 Å². The Morgan fingerprint density at radius 2 is 1.92 bits per heavy atom. The first kappa shape index (κ1) is 19.4. The highest BCUT2D eigenvalue weighted by atomic mass is 35.5. The summed E-state index contributed by atoms with van der Waals surface area (Å²) in [5.74, 6) is 0.347. The van der Waals surface area contributed by atoms with Crippen LogP contribution in [-0.2, 0) is 4.79 Å². The molecule has 0 saturated carbocycles. The molecule has 7 heteroatoms. The number of hydrogen-bond acceptors (Lipinski definition) is 4. The number of rotatable bonds is 8. The average Bonchev–Trinajstić information content (AvgIpc) is 2.65. The second-order valence-corrected chi connectivity index (χ2v) is 5.95. The van der Waals surface area contributed by atoms with E-state index >= 15 is 0 Å². The van der Waals surface area contributed by atoms with Gasteiger partial charge in [0.25, 0.3) is 0 Å². The molecule has 0 aromatic heterocycles. The normalized spacial score (nSPS) is 13.0. The van der Waals surface area contributed by atoms with Gasteiger partial charge in [-0.1, -0.05) is 41.9 Å². The number of nitrogens with one attached hydrogen (secondary N) is 1. The van der Waals surface area contributed by atoms with Gasteiger partial charge in [0.1, 0.15) is 12.0 Å². The highest BCUT2D eigenvalue weighted by Crippen LogP contribution is 2.34. The fraction of sp³-hybridized carbons (Fsp3) is 0.278. The number of halogens is 2. The third kappa shape index (κ3) is 5.53. The first-order valence-electron chi connectivity index (χ1n) is 7.61. The van der Waals surface area contributed by atoms with Crippen molar-refractivity contribution >= 4 is 29.1 Å². The zero-order valence-corrected chi connectivity index (χ0v) is 15.1. The lowest BCUT2D eigenvalue weighted by atomic mass is 10.0. The number of alkyl halides is 1. The van der Waals surface area contributed by atoms with E-state index in [1.807, 2.05) is 30.3 Å². The Morgan fingerprint density at radius 1 is 1.20 bits per heavy atom. The van der Waals surface area contributed by atoms with Gasteiger partial charge in [-0.05, 0) is 17.7 Å². The van der Waals surface area contributed by atoms with Gasteiger partial charge in [-0.25, -0.2) is 0 Å². The van der Waals surface area contributed by atoms with Crippen molar-refractivity contribution in [1.82, 2.24) is 5.32 Å². The van der Waals surface area contributed by atoms with E-state index in [0.29, 0.717) is 16.5 Å². The Kier molecular flexibility index (Phi) is 7.37. The van der Waals surface area contributed by atoms with Crippen LogP contribution in [0.25, 0.3) is 0 Å². The summed E-state index contributed by atoms with van der Waals surface area (Å²) in [5.41, 5.74) is 0.757. The summed E-state index contributed by atoms with van der Waals surface area (Å²) in [7, 11) is 1.51. The fourth-order valence-electron chi connectivity index (χ4n) is 2.26. The quantitative estimate of drug-likeness (QED) is 0.686. The van der Waals surface area contributed by atoms with Crippen LogP contribution in [0.3, 0.4) is 0 Å². The zero-order valence-electron chi connectivity index (χ0n) is 13.6. The first-order chi connectivity index (χ1) is 12.0. The van der Waals surface area contributed by atoms with Gasteiger partial charge in [0, 0.05) is 17.6 Å². The maximum absolute atomic E-state index is 11.3. The minimum Gasteiger partial charge on any atom is -0.493 e. The number of carbonyl (C=O) groups is 1. The molecule has 2 N–H and O–H groups in total. The fourth-order valence-corrected chi connectivity index (χ4v) is 2.52. The van der Waals surface area contributed by atoms with Crippen molar-refractivity contribution in [2.24, 2.45) is 0 Å². The number of aliphatic hydroxyl groups excluding tert-OH is 1. The summed E-state index contributed by atoms with van der Waals surface area (Å²) < 4.78 is 11.3. The second kappa shape index (κ2) is 9.51. The van der Waals surface area contributed by atoms with Crippen molar-refractivity contribution in [3.05, 3.63) is 59.1 Å². The van der Waals surface area contributed by atoms with Gasteiger partial charge in [0.05, 0.1) is 7.11 Å². The molecular weight excluding hydrogens is 365 g/mol. The number of aliphatic hydroxyl groups is 1. The predicted molar refractivity (Wildman–Crippen MR) is 97.6 cm³/mol. The molecule has 0 aliphatic carbocycles. The Balaban J connectivity index is 2.25. The molecule has 0 spiro atoms. The van der Waals surface area contributed by atoms with Crippen LogP contribution in [0, 0.1) is 0 Å². The topological polar surface area (TPSA) is 67.8 Å². The third-order valence-corrected chi connectivity index (χ3v) is 3.96. The van der Waals surface area contributed by atoms with Gasteiger partial charge in [0.15, 0.2) is 17.6 Å². The Hall–Kier alpha value is -1.95. The van der Waals surface area contributed by atoms with Gasteiger partial charge in [-0.3, -0.25) is 4.79 Å². The monoisotopic (exact) mass is 383 g/mol. The molecule has 0 aliphatic rings. The number of benzene rings is 2. The van der Waals surface area contributed by atoms with Gasteiger partial charge < -0.3 is 19.9 Å². The lowest BCUT2D eigenvalue weighted by Gasteiger charge is -2.25. The van der Waals surface area contributed by atoms with Crippen LogP contribution in [0.15, 0.2) is 48.5 Å². The van der Waals surface area contributed by atoms with Crippen LogP contribution in [0.1, 0.15) is 11.7 Å². The Bertz CT molecular complexity index is 697. The highest BCUT2D eigenvalue weighted by Gasteiger charge is 2.25. The molecule has 0 heterocycles. The minimum atomic E-state index is -0.991. The molecule has 0 fully saturated rings. The molecular formula is C18H19Cl2NO4. The van der Waals surface area contributed by atoms with E-state index in [4.69, 9.17) is 32.7 Å². The molecule has 25 heavy (non-hydrogen) atoms. The van der Waals surface area contributed by atoms with Crippen molar-refractivity contribution in [3.8, 4) is 11.5 Å². The molecule has 2 aromatic carbocycles. The summed E-state index contributed by atoms with van der Waals surface area (Å²) in [6.07, 6.45) is -1.71. The number of carbonyl (C=O) groups excluding carboxylic acids is 1. The summed E-state index contributed by atoms with van der Waals surface area (Å²) in [4.78, 5) is 11.3. The highest BCUT2D eigenvalue weighted by molar-refractivity contribution is 6.30. The predicted octanol–water partition coefficient (Wildman–Crippen LogP) is 3.18. The molecule has 134 valence electrons. The van der Waals surface area contributed by atoms with Crippen LogP contribution in [0.5, 0.6) is 11.5 Å². The first-order valence-corrected chi connectivity index (χ1v) is 8.52. The van der Waals surface area contributed by atoms with E-state index in [9.17, 15) is 9.90 Å². The summed E-state index contributed by atoms with van der Waals surface area (Å²) >= 11 is 11.4. The molecule has 0 unspecified atom stereocenters. The van der Waals surface area contributed by atoms with Crippen molar-refractivity contribution in [3.63, 3.8) is 0 Å². The van der Waals surface area contributed by atoms with Crippen LogP contribution >= 0.6 is 23.2 Å². The molecule has 0 saturated heterocycles. The van der Waals surface area contributed by atoms with E-state index in [2.05, 4.69) is 5.32 Å². The third-order valence-electron chi connectivity index (χ3n) is 3.49. The van der Waals surface area contributed by atoms with Gasteiger partial charge in [-0.15, -0.1) is 11.6 Å². The molecule has 0 radical (unpaired) electrons. The molecule has 2 aromatic rings. The van der Waals surface area contributed by atoms with Crippen molar-refractivity contribution in [1.29, 1.82) is 0 Å². The maximum Gasteiger partial charge on any atom is 0.235 e. The van der Waals surface area contributed by atoms with Crippen molar-refractivity contribution < 1.29 is 19.4 Å². The van der Waals surface area contributed by atoms with Crippen LogP contribution < -0.4 is 14.8 Å². The van der Waals surface area contributed by atoms with Crippen LogP contribution in [-0.4, -0.2) is 36.7 Å². The number of amides is 1. The van der Waals surface area contributed by atoms with Gasteiger partial charge >= 0.3 is 0 Å². The van der Waals surface area contributed by atoms with Crippen molar-refractivity contribution in [2.45, 2.75) is 12.2 Å². The summed E-state index contributed by atoms with van der Waals surface area (Å²) in [6, 6.07) is 14.2. The van der Waals surface area contributed by atoms with Crippen LogP contribution in [0.2, 0.25) is 5.02 Å². The lowest BCUT2D eigenvalue weighted by molar-refractivity contribution is -0.119. The standard InChI is InChI=1S/C18H19Cl2NO4/c1-24-16-9-13(20)7-8-15(16)25-18(12-5-3-2-4-6-12)14(22)11-21-17(23)10-19/h2-9,14,18,22H,10-11H2,1H3,(H,21,23)/t14-,18-/m1/s1. The van der Waals surface area contributed by atoms with E-state index < -0.39 is 12.2 Å². The SMILES string of the molecule is COc1cc(Cl)ccc1O[C@H](c1ccccc1)[C@H](O)CNC(=O)CCl. The second-order valence-electron chi connectivity index (χ2n) is 5.25. The smallest absolute Gasteiger partial charge is 0.235 e. The molecule has 0 bridgehead atoms. The number of methoxy groups -OCH3 is 1. The lowest BCUT2D eigenvalue weighted by Crippen LogP contribution is -2.37.